The Hall–Kier alpha value is -4.25. The number of aromatic nitrogens is 3. The summed E-state index contributed by atoms with van der Waals surface area (Å²) in [6.07, 6.45) is 2.43. The maximum atomic E-state index is 13.0. The number of aryl methyl sites for hydroxylation is 2. The Kier molecular flexibility index (Phi) is 6.87. The standard InChI is InChI=1S/C26H25N5O5S/c1-15-13-27-26(37-15)28-23(32)19-10-21(34-14-18-8-9-31(3)25(18)33)12-22(11-19)36-20-6-4-17(5-7-20)24-30-29-16(2)35-24/h4-7,10-13,18H,8-9,14H2,1-3H3,(H,27,28,32). The van der Waals surface area contributed by atoms with Gasteiger partial charge >= 0.3 is 0 Å². The topological polar surface area (TPSA) is 120 Å². The van der Waals surface area contributed by atoms with Crippen LogP contribution in [-0.2, 0) is 4.79 Å². The molecule has 0 radical (unpaired) electrons. The van der Waals surface area contributed by atoms with Crippen LogP contribution in [0.4, 0.5) is 5.13 Å². The molecule has 1 saturated heterocycles. The number of nitrogens with one attached hydrogen (secondary N) is 1. The lowest BCUT2D eigenvalue weighted by atomic mass is 10.1. The minimum Gasteiger partial charge on any atom is -0.493 e. The second-order valence-corrected chi connectivity index (χ2v) is 9.97. The molecule has 4 aromatic rings. The van der Waals surface area contributed by atoms with E-state index < -0.39 is 0 Å². The van der Waals surface area contributed by atoms with Crippen molar-refractivity contribution < 1.29 is 23.5 Å². The van der Waals surface area contributed by atoms with E-state index in [2.05, 4.69) is 20.5 Å². The zero-order valence-electron chi connectivity index (χ0n) is 20.6. The van der Waals surface area contributed by atoms with Crippen molar-refractivity contribution in [2.75, 3.05) is 25.5 Å². The molecule has 11 heteroatoms. The quantitative estimate of drug-likeness (QED) is 0.355. The molecule has 2 amide bonds. The molecule has 0 spiro atoms. The number of carbonyl (C=O) groups is 2. The van der Waals surface area contributed by atoms with E-state index >= 15 is 0 Å². The van der Waals surface area contributed by atoms with Gasteiger partial charge < -0.3 is 18.8 Å². The van der Waals surface area contributed by atoms with Gasteiger partial charge in [-0.25, -0.2) is 4.98 Å². The third kappa shape index (κ3) is 5.78. The van der Waals surface area contributed by atoms with Crippen LogP contribution in [0.15, 0.2) is 53.1 Å². The van der Waals surface area contributed by atoms with E-state index in [1.165, 1.54) is 11.3 Å². The summed E-state index contributed by atoms with van der Waals surface area (Å²) in [4.78, 5) is 32.2. The van der Waals surface area contributed by atoms with Gasteiger partial charge in [0.05, 0.1) is 12.5 Å². The molecule has 10 nitrogen and oxygen atoms in total. The number of nitrogens with zero attached hydrogens (tertiary/aromatic N) is 4. The van der Waals surface area contributed by atoms with Crippen LogP contribution < -0.4 is 14.8 Å². The highest BCUT2D eigenvalue weighted by molar-refractivity contribution is 7.15. The molecule has 0 saturated carbocycles. The van der Waals surface area contributed by atoms with Crippen LogP contribution in [0.1, 0.15) is 27.5 Å². The van der Waals surface area contributed by atoms with Crippen molar-refractivity contribution in [3.63, 3.8) is 0 Å². The molecule has 190 valence electrons. The summed E-state index contributed by atoms with van der Waals surface area (Å²) >= 11 is 1.39. The number of rotatable bonds is 8. The minimum atomic E-state index is -0.344. The Bertz CT molecular complexity index is 1430. The van der Waals surface area contributed by atoms with Gasteiger partial charge in [0, 0.05) is 48.8 Å². The molecule has 3 heterocycles. The Labute approximate surface area is 217 Å². The highest BCUT2D eigenvalue weighted by Crippen LogP contribution is 2.30. The van der Waals surface area contributed by atoms with Crippen molar-refractivity contribution in [3.05, 3.63) is 65.0 Å². The number of hydrogen-bond donors (Lipinski definition) is 1. The molecule has 2 aromatic carbocycles. The number of likely N-dealkylation sites (tertiary alicyclic amines) is 1. The largest absolute Gasteiger partial charge is 0.493 e. The number of amides is 2. The van der Waals surface area contributed by atoms with Crippen molar-refractivity contribution in [2.24, 2.45) is 5.92 Å². The molecular formula is C26H25N5O5S. The average Bonchev–Trinajstić information content (AvgIpc) is 3.59. The first kappa shape index (κ1) is 24.4. The molecule has 37 heavy (non-hydrogen) atoms. The number of ether oxygens (including phenoxy) is 2. The van der Waals surface area contributed by atoms with E-state index in [0.717, 1.165) is 16.9 Å². The fourth-order valence-corrected chi connectivity index (χ4v) is 4.55. The Morgan fingerprint density at radius 2 is 1.92 bits per heavy atom. The molecule has 0 bridgehead atoms. The van der Waals surface area contributed by atoms with E-state index in [1.54, 1.807) is 55.4 Å². The summed E-state index contributed by atoms with van der Waals surface area (Å²) in [5.74, 6) is 1.79. The van der Waals surface area contributed by atoms with Crippen LogP contribution in [0.3, 0.4) is 0 Å². The smallest absolute Gasteiger partial charge is 0.257 e. The summed E-state index contributed by atoms with van der Waals surface area (Å²) in [7, 11) is 1.78. The fraction of sp³-hybridized carbons (Fsp3) is 0.269. The molecule has 1 aliphatic rings. The molecule has 1 unspecified atom stereocenters. The SMILES string of the molecule is Cc1nnc(-c2ccc(Oc3cc(OCC4CCN(C)C4=O)cc(C(=O)Nc4ncc(C)s4)c3)cc2)o1. The fourth-order valence-electron chi connectivity index (χ4n) is 3.89. The van der Waals surface area contributed by atoms with Crippen LogP contribution in [0.2, 0.25) is 0 Å². The lowest BCUT2D eigenvalue weighted by molar-refractivity contribution is -0.130. The van der Waals surface area contributed by atoms with Crippen LogP contribution in [0.5, 0.6) is 17.2 Å². The van der Waals surface area contributed by atoms with Crippen molar-refractivity contribution in [3.8, 4) is 28.7 Å². The number of anilines is 1. The van der Waals surface area contributed by atoms with E-state index in [0.29, 0.717) is 46.3 Å². The van der Waals surface area contributed by atoms with Crippen molar-refractivity contribution >= 4 is 28.3 Å². The summed E-state index contributed by atoms with van der Waals surface area (Å²) in [5.41, 5.74) is 1.10. The number of hydrogen-bond acceptors (Lipinski definition) is 9. The zero-order valence-corrected chi connectivity index (χ0v) is 21.4. The predicted molar refractivity (Wildman–Crippen MR) is 137 cm³/mol. The highest BCUT2D eigenvalue weighted by atomic mass is 32.1. The van der Waals surface area contributed by atoms with Gasteiger partial charge in [-0.1, -0.05) is 0 Å². The van der Waals surface area contributed by atoms with E-state index in [9.17, 15) is 9.59 Å². The van der Waals surface area contributed by atoms with Gasteiger partial charge in [0.2, 0.25) is 17.7 Å². The molecular weight excluding hydrogens is 494 g/mol. The van der Waals surface area contributed by atoms with Crippen molar-refractivity contribution in [1.29, 1.82) is 0 Å². The normalized spacial score (nSPS) is 15.2. The first-order valence-electron chi connectivity index (χ1n) is 11.7. The van der Waals surface area contributed by atoms with Gasteiger partial charge in [-0.3, -0.25) is 14.9 Å². The summed E-state index contributed by atoms with van der Waals surface area (Å²) in [5, 5.41) is 11.2. The van der Waals surface area contributed by atoms with Gasteiger partial charge in [0.25, 0.3) is 5.91 Å². The second-order valence-electron chi connectivity index (χ2n) is 8.73. The predicted octanol–water partition coefficient (Wildman–Crippen LogP) is 4.71. The summed E-state index contributed by atoms with van der Waals surface area (Å²) < 4.78 is 17.5. The maximum Gasteiger partial charge on any atom is 0.257 e. The summed E-state index contributed by atoms with van der Waals surface area (Å²) in [6.45, 7) is 4.57. The molecule has 1 N–H and O–H groups in total. The van der Waals surface area contributed by atoms with Crippen LogP contribution in [0.25, 0.3) is 11.5 Å². The minimum absolute atomic E-state index is 0.0565. The zero-order chi connectivity index (χ0) is 25.9. The van der Waals surface area contributed by atoms with Gasteiger partial charge in [-0.05, 0) is 49.7 Å². The Balaban J connectivity index is 1.36. The second kappa shape index (κ2) is 10.4. The number of benzene rings is 2. The molecule has 1 atom stereocenters. The lowest BCUT2D eigenvalue weighted by Crippen LogP contribution is -2.25. The van der Waals surface area contributed by atoms with Crippen molar-refractivity contribution in [1.82, 2.24) is 20.1 Å². The maximum absolute atomic E-state index is 13.0. The molecule has 5 rings (SSSR count). The summed E-state index contributed by atoms with van der Waals surface area (Å²) in [6, 6.07) is 12.1. The van der Waals surface area contributed by atoms with Gasteiger partial charge in [0.15, 0.2) is 5.13 Å². The van der Waals surface area contributed by atoms with E-state index in [-0.39, 0.29) is 24.3 Å². The lowest BCUT2D eigenvalue weighted by Gasteiger charge is -2.14. The van der Waals surface area contributed by atoms with E-state index in [1.807, 2.05) is 19.1 Å². The van der Waals surface area contributed by atoms with Crippen LogP contribution in [-0.4, -0.2) is 52.1 Å². The highest BCUT2D eigenvalue weighted by Gasteiger charge is 2.29. The van der Waals surface area contributed by atoms with Gasteiger partial charge in [-0.15, -0.1) is 21.5 Å². The number of carbonyl (C=O) groups excluding carboxylic acids is 2. The number of thiazole rings is 1. The monoisotopic (exact) mass is 519 g/mol. The van der Waals surface area contributed by atoms with Crippen LogP contribution in [0, 0.1) is 19.8 Å². The first-order chi connectivity index (χ1) is 17.8. The van der Waals surface area contributed by atoms with E-state index in [4.69, 9.17) is 13.9 Å². The first-order valence-corrected chi connectivity index (χ1v) is 12.5. The van der Waals surface area contributed by atoms with Gasteiger partial charge in [0.1, 0.15) is 17.2 Å². The molecule has 1 aliphatic heterocycles. The van der Waals surface area contributed by atoms with Crippen molar-refractivity contribution in [2.45, 2.75) is 20.3 Å². The Morgan fingerprint density at radius 3 is 2.57 bits per heavy atom. The van der Waals surface area contributed by atoms with Gasteiger partial charge in [-0.2, -0.15) is 0 Å². The third-order valence-electron chi connectivity index (χ3n) is 5.84. The molecule has 0 aliphatic carbocycles. The Morgan fingerprint density at radius 1 is 1.14 bits per heavy atom. The average molecular weight is 520 g/mol. The molecule has 1 fully saturated rings. The molecule has 2 aromatic heterocycles. The van der Waals surface area contributed by atoms with Crippen LogP contribution >= 0.6 is 11.3 Å². The third-order valence-corrected chi connectivity index (χ3v) is 6.66.